The lowest BCUT2D eigenvalue weighted by atomic mass is 10.1. The fraction of sp³-hybridized carbons (Fsp3) is 0.353. The number of nitrogens with two attached hydrogens (primary N) is 1. The van der Waals surface area contributed by atoms with E-state index in [9.17, 15) is 0 Å². The minimum absolute atomic E-state index is 0. The predicted molar refractivity (Wildman–Crippen MR) is 113 cm³/mol. The Kier molecular flexibility index (Phi) is 6.02. The highest BCUT2D eigenvalue weighted by Crippen LogP contribution is 2.39. The molecule has 1 aromatic heterocycles. The minimum atomic E-state index is -0.154. The van der Waals surface area contributed by atoms with Crippen molar-refractivity contribution in [2.75, 3.05) is 37.7 Å². The maximum Gasteiger partial charge on any atom is 0.225 e. The van der Waals surface area contributed by atoms with E-state index in [1.165, 1.54) is 0 Å². The number of piperazine rings is 1. The van der Waals surface area contributed by atoms with Crippen LogP contribution in [0.3, 0.4) is 0 Å². The third-order valence-electron chi connectivity index (χ3n) is 4.47. The van der Waals surface area contributed by atoms with E-state index in [1.54, 1.807) is 12.4 Å². The molecule has 1 atom stereocenters. The van der Waals surface area contributed by atoms with Gasteiger partial charge in [-0.1, -0.05) is 17.7 Å². The first-order valence-electron chi connectivity index (χ1n) is 8.24. The number of hydrogen-bond donors (Lipinski definition) is 1. The van der Waals surface area contributed by atoms with Crippen molar-refractivity contribution in [2.24, 2.45) is 10.7 Å². The first-order valence-corrected chi connectivity index (χ1v) is 8.61. The van der Waals surface area contributed by atoms with Crippen molar-refractivity contribution in [3.63, 3.8) is 0 Å². The summed E-state index contributed by atoms with van der Waals surface area (Å²) in [5.41, 5.74) is 7.17. The topological polar surface area (TPSA) is 79.9 Å². The van der Waals surface area contributed by atoms with E-state index in [1.807, 2.05) is 24.3 Å². The highest BCUT2D eigenvalue weighted by molar-refractivity contribution is 14.0. The van der Waals surface area contributed by atoms with Gasteiger partial charge in [-0.05, 0) is 18.2 Å². The molecular formula is C17H20ClIN6O. The summed E-state index contributed by atoms with van der Waals surface area (Å²) in [5, 5.41) is 0.669. The van der Waals surface area contributed by atoms with Crippen LogP contribution in [-0.2, 0) is 0 Å². The number of aromatic nitrogens is 2. The second-order valence-corrected chi connectivity index (χ2v) is 6.40. The molecule has 2 aromatic rings. The van der Waals surface area contributed by atoms with Crippen LogP contribution < -0.4 is 15.4 Å². The summed E-state index contributed by atoms with van der Waals surface area (Å²) in [6.07, 6.45) is 3.51. The number of nitrogens with zero attached hydrogens (tertiary/aromatic N) is 5. The van der Waals surface area contributed by atoms with E-state index in [0.29, 0.717) is 17.6 Å². The summed E-state index contributed by atoms with van der Waals surface area (Å²) >= 11 is 6.30. The van der Waals surface area contributed by atoms with Crippen LogP contribution in [0.2, 0.25) is 5.02 Å². The van der Waals surface area contributed by atoms with Gasteiger partial charge in [0.05, 0.1) is 0 Å². The van der Waals surface area contributed by atoms with Crippen molar-refractivity contribution >= 4 is 47.5 Å². The fourth-order valence-corrected chi connectivity index (χ4v) is 3.44. The van der Waals surface area contributed by atoms with Gasteiger partial charge in [-0.15, -0.1) is 24.0 Å². The summed E-state index contributed by atoms with van der Waals surface area (Å²) in [7, 11) is 0. The number of fused-ring (bicyclic) bond motifs is 1. The molecular weight excluding hydrogens is 467 g/mol. The van der Waals surface area contributed by atoms with Crippen molar-refractivity contribution in [3.8, 4) is 5.75 Å². The second kappa shape index (κ2) is 8.26. The Labute approximate surface area is 174 Å². The number of aliphatic imine (C=N–C) groups is 1. The first kappa shape index (κ1) is 19.0. The zero-order chi connectivity index (χ0) is 17.2. The van der Waals surface area contributed by atoms with Crippen LogP contribution >= 0.6 is 35.6 Å². The Morgan fingerprint density at radius 3 is 2.62 bits per heavy atom. The van der Waals surface area contributed by atoms with Crippen LogP contribution in [-0.4, -0.2) is 53.6 Å². The molecule has 0 saturated carbocycles. The molecule has 1 aromatic carbocycles. The van der Waals surface area contributed by atoms with E-state index < -0.39 is 0 Å². The van der Waals surface area contributed by atoms with Crippen LogP contribution in [0.4, 0.5) is 5.95 Å². The molecule has 0 spiro atoms. The summed E-state index contributed by atoms with van der Waals surface area (Å²) in [5.74, 6) is 2.07. The molecule has 138 valence electrons. The van der Waals surface area contributed by atoms with Crippen molar-refractivity contribution in [3.05, 3.63) is 47.2 Å². The largest absolute Gasteiger partial charge is 0.491 e. The molecule has 0 bridgehead atoms. The van der Waals surface area contributed by atoms with Gasteiger partial charge in [-0.2, -0.15) is 0 Å². The van der Waals surface area contributed by atoms with Gasteiger partial charge >= 0.3 is 0 Å². The van der Waals surface area contributed by atoms with Gasteiger partial charge in [0, 0.05) is 49.2 Å². The molecule has 1 saturated heterocycles. The third kappa shape index (κ3) is 3.80. The zero-order valence-electron chi connectivity index (χ0n) is 14.1. The first-order chi connectivity index (χ1) is 12.2. The smallest absolute Gasteiger partial charge is 0.225 e. The summed E-state index contributed by atoms with van der Waals surface area (Å²) in [4.78, 5) is 17.5. The van der Waals surface area contributed by atoms with Crippen LogP contribution in [0.25, 0.3) is 0 Å². The monoisotopic (exact) mass is 486 g/mol. The average molecular weight is 487 g/mol. The lowest BCUT2D eigenvalue weighted by Gasteiger charge is -2.35. The minimum Gasteiger partial charge on any atom is -0.491 e. The number of guanidine groups is 1. The second-order valence-electron chi connectivity index (χ2n) is 5.99. The van der Waals surface area contributed by atoms with Crippen LogP contribution in [0.5, 0.6) is 5.75 Å². The summed E-state index contributed by atoms with van der Waals surface area (Å²) < 4.78 is 5.66. The molecule has 7 nitrogen and oxygen atoms in total. The molecule has 9 heteroatoms. The Morgan fingerprint density at radius 2 is 1.88 bits per heavy atom. The van der Waals surface area contributed by atoms with Crippen LogP contribution in [0.1, 0.15) is 11.6 Å². The standard InChI is InChI=1S/C17H19ClN6O.HI/c18-12-3-1-4-14-15(12)13(11-25-14)22-16(19)23-7-9-24(10-8-23)17-20-5-2-6-21-17;/h1-6,13H,7-11H2,(H2,19,22);1H. The van der Waals surface area contributed by atoms with Gasteiger partial charge in [0.2, 0.25) is 5.95 Å². The van der Waals surface area contributed by atoms with Crippen molar-refractivity contribution < 1.29 is 4.74 Å². The molecule has 26 heavy (non-hydrogen) atoms. The van der Waals surface area contributed by atoms with E-state index in [-0.39, 0.29) is 30.0 Å². The number of ether oxygens (including phenoxy) is 1. The summed E-state index contributed by atoms with van der Waals surface area (Å²) in [6.45, 7) is 3.63. The Hall–Kier alpha value is -1.81. The predicted octanol–water partition coefficient (Wildman–Crippen LogP) is 2.32. The molecule has 0 radical (unpaired) electrons. The van der Waals surface area contributed by atoms with E-state index >= 15 is 0 Å². The lowest BCUT2D eigenvalue weighted by Crippen LogP contribution is -2.51. The average Bonchev–Trinajstić information content (AvgIpc) is 3.07. The molecule has 0 amide bonds. The highest BCUT2D eigenvalue weighted by Gasteiger charge is 2.28. The molecule has 2 aliphatic rings. The maximum atomic E-state index is 6.30. The normalized spacial score (nSPS) is 19.6. The molecule has 1 unspecified atom stereocenters. The number of hydrogen-bond acceptors (Lipinski definition) is 5. The van der Waals surface area contributed by atoms with Crippen molar-refractivity contribution in [2.45, 2.75) is 6.04 Å². The Bertz CT molecular complexity index is 782. The Balaban J connectivity index is 0.00000196. The van der Waals surface area contributed by atoms with Crippen LogP contribution in [0.15, 0.2) is 41.7 Å². The van der Waals surface area contributed by atoms with Crippen LogP contribution in [0, 0.1) is 0 Å². The van der Waals surface area contributed by atoms with Gasteiger partial charge in [0.15, 0.2) is 5.96 Å². The number of halogens is 2. The number of rotatable bonds is 2. The van der Waals surface area contributed by atoms with E-state index in [4.69, 9.17) is 22.1 Å². The molecule has 2 N–H and O–H groups in total. The summed E-state index contributed by atoms with van der Waals surface area (Å²) in [6, 6.07) is 7.30. The van der Waals surface area contributed by atoms with Gasteiger partial charge in [-0.3, -0.25) is 0 Å². The molecule has 4 rings (SSSR count). The van der Waals surface area contributed by atoms with Gasteiger partial charge < -0.3 is 20.3 Å². The third-order valence-corrected chi connectivity index (χ3v) is 4.80. The molecule has 0 aliphatic carbocycles. The molecule has 2 aliphatic heterocycles. The van der Waals surface area contributed by atoms with E-state index in [2.05, 4.69) is 24.8 Å². The molecule has 3 heterocycles. The van der Waals surface area contributed by atoms with Gasteiger partial charge in [0.25, 0.3) is 0 Å². The lowest BCUT2D eigenvalue weighted by molar-refractivity contribution is 0.329. The fourth-order valence-electron chi connectivity index (χ4n) is 3.15. The Morgan fingerprint density at radius 1 is 1.15 bits per heavy atom. The van der Waals surface area contributed by atoms with Crippen molar-refractivity contribution in [1.29, 1.82) is 0 Å². The van der Waals surface area contributed by atoms with Gasteiger partial charge in [0.1, 0.15) is 18.4 Å². The SMILES string of the molecule is I.NC(=NC1COc2cccc(Cl)c21)N1CCN(c2ncccn2)CC1. The quantitative estimate of drug-likeness (QED) is 0.399. The number of benzene rings is 1. The zero-order valence-corrected chi connectivity index (χ0v) is 17.2. The van der Waals surface area contributed by atoms with Gasteiger partial charge in [-0.25, -0.2) is 15.0 Å². The highest BCUT2D eigenvalue weighted by atomic mass is 127. The number of anilines is 1. The van der Waals surface area contributed by atoms with E-state index in [0.717, 1.165) is 43.4 Å². The van der Waals surface area contributed by atoms with Crippen molar-refractivity contribution in [1.82, 2.24) is 14.9 Å². The maximum absolute atomic E-state index is 6.30. The molecule has 1 fully saturated rings.